The Morgan fingerprint density at radius 1 is 1.53 bits per heavy atom. The van der Waals surface area contributed by atoms with E-state index in [0.29, 0.717) is 10.6 Å². The number of aliphatic hydroxyl groups excluding tert-OH is 1. The van der Waals surface area contributed by atoms with Crippen molar-refractivity contribution in [3.63, 3.8) is 0 Å². The smallest absolute Gasteiger partial charge is 0.264 e. The number of anilines is 1. The fourth-order valence-electron chi connectivity index (χ4n) is 1.39. The van der Waals surface area contributed by atoms with Crippen molar-refractivity contribution in [3.05, 3.63) is 25.8 Å². The van der Waals surface area contributed by atoms with Crippen LogP contribution >= 0.6 is 38.6 Å². The Kier molecular flexibility index (Phi) is 4.31. The summed E-state index contributed by atoms with van der Waals surface area (Å²) >= 11 is 5.76. The van der Waals surface area contributed by atoms with E-state index in [1.807, 2.05) is 0 Å². The van der Waals surface area contributed by atoms with Crippen LogP contribution in [0.2, 0.25) is 0 Å². The first-order valence-electron chi connectivity index (χ1n) is 5.22. The maximum Gasteiger partial charge on any atom is 0.264 e. The van der Waals surface area contributed by atoms with Crippen molar-refractivity contribution in [2.45, 2.75) is 24.8 Å². The molecule has 0 radical (unpaired) electrons. The molecule has 2 heterocycles. The second-order valence-electron chi connectivity index (χ2n) is 3.83. The summed E-state index contributed by atoms with van der Waals surface area (Å²) in [7, 11) is -3.64. The number of sulfonamides is 1. The van der Waals surface area contributed by atoms with E-state index in [-0.39, 0.29) is 10.0 Å². The molecule has 2 rings (SSSR count). The standard InChI is InChI=1S/C10H11BrN2O3S3/c1-5(14)7-4-17-10(12-7)13-19(15,16)8-3-9(11)18-6(8)2/h3-5,14H,1-2H3,(H,12,13). The van der Waals surface area contributed by atoms with E-state index < -0.39 is 16.1 Å². The van der Waals surface area contributed by atoms with E-state index in [9.17, 15) is 13.5 Å². The Morgan fingerprint density at radius 3 is 2.68 bits per heavy atom. The third-order valence-corrected chi connectivity index (χ3v) is 6.36. The monoisotopic (exact) mass is 382 g/mol. The molecule has 104 valence electrons. The van der Waals surface area contributed by atoms with E-state index in [4.69, 9.17) is 0 Å². The molecular weight excluding hydrogens is 372 g/mol. The summed E-state index contributed by atoms with van der Waals surface area (Å²) in [5, 5.41) is 11.2. The Labute approximate surface area is 127 Å². The molecule has 0 spiro atoms. The van der Waals surface area contributed by atoms with Gasteiger partial charge in [0.25, 0.3) is 10.0 Å². The predicted octanol–water partition coefficient (Wildman–Crippen LogP) is 3.13. The molecule has 1 atom stereocenters. The number of aliphatic hydroxyl groups is 1. The molecule has 0 bridgehead atoms. The van der Waals surface area contributed by atoms with Crippen molar-refractivity contribution >= 4 is 53.8 Å². The summed E-state index contributed by atoms with van der Waals surface area (Å²) in [6.45, 7) is 3.32. The number of aromatic nitrogens is 1. The number of thiophene rings is 1. The number of nitrogens with one attached hydrogen (secondary N) is 1. The highest BCUT2D eigenvalue weighted by Crippen LogP contribution is 2.31. The lowest BCUT2D eigenvalue weighted by Crippen LogP contribution is -2.13. The quantitative estimate of drug-likeness (QED) is 0.850. The molecule has 0 aliphatic heterocycles. The number of hydrogen-bond acceptors (Lipinski definition) is 6. The van der Waals surface area contributed by atoms with Crippen LogP contribution in [0.1, 0.15) is 23.6 Å². The number of nitrogens with zero attached hydrogens (tertiary/aromatic N) is 1. The molecule has 0 amide bonds. The second kappa shape index (κ2) is 5.49. The molecule has 0 fully saturated rings. The van der Waals surface area contributed by atoms with Crippen molar-refractivity contribution in [3.8, 4) is 0 Å². The first kappa shape index (κ1) is 14.9. The van der Waals surface area contributed by atoms with Crippen LogP contribution in [0.3, 0.4) is 0 Å². The van der Waals surface area contributed by atoms with E-state index in [2.05, 4.69) is 25.6 Å². The van der Waals surface area contributed by atoms with Crippen LogP contribution < -0.4 is 4.72 Å². The Morgan fingerprint density at radius 2 is 2.21 bits per heavy atom. The lowest BCUT2D eigenvalue weighted by Gasteiger charge is -2.04. The molecule has 2 aromatic heterocycles. The van der Waals surface area contributed by atoms with Gasteiger partial charge in [-0.15, -0.1) is 22.7 Å². The zero-order valence-electron chi connectivity index (χ0n) is 10.0. The number of hydrogen-bond donors (Lipinski definition) is 2. The summed E-state index contributed by atoms with van der Waals surface area (Å²) in [6, 6.07) is 1.56. The summed E-state index contributed by atoms with van der Waals surface area (Å²) in [5.41, 5.74) is 0.450. The van der Waals surface area contributed by atoms with Crippen LogP contribution in [0.5, 0.6) is 0 Å². The minimum Gasteiger partial charge on any atom is -0.387 e. The predicted molar refractivity (Wildman–Crippen MR) is 80.3 cm³/mol. The highest BCUT2D eigenvalue weighted by atomic mass is 79.9. The van der Waals surface area contributed by atoms with Crippen LogP contribution in [0, 0.1) is 6.92 Å². The molecule has 0 saturated heterocycles. The Bertz CT molecular complexity index is 691. The summed E-state index contributed by atoms with van der Waals surface area (Å²) < 4.78 is 27.6. The number of aryl methyl sites for hydroxylation is 1. The zero-order valence-corrected chi connectivity index (χ0v) is 14.1. The topological polar surface area (TPSA) is 79.3 Å². The van der Waals surface area contributed by atoms with Crippen LogP contribution in [0.25, 0.3) is 0 Å². The SMILES string of the molecule is Cc1sc(Br)cc1S(=O)(=O)Nc1nc(C(C)O)cs1. The van der Waals surface area contributed by atoms with Crippen molar-refractivity contribution in [2.75, 3.05) is 4.72 Å². The average molecular weight is 383 g/mol. The van der Waals surface area contributed by atoms with Gasteiger partial charge < -0.3 is 5.11 Å². The molecule has 9 heteroatoms. The number of halogens is 1. The third kappa shape index (κ3) is 3.34. The van der Waals surface area contributed by atoms with Gasteiger partial charge in [-0.05, 0) is 35.8 Å². The molecule has 1 unspecified atom stereocenters. The van der Waals surface area contributed by atoms with Crippen LogP contribution in [-0.4, -0.2) is 18.5 Å². The van der Waals surface area contributed by atoms with Gasteiger partial charge in [-0.25, -0.2) is 13.4 Å². The van der Waals surface area contributed by atoms with E-state index >= 15 is 0 Å². The van der Waals surface area contributed by atoms with Gasteiger partial charge >= 0.3 is 0 Å². The van der Waals surface area contributed by atoms with E-state index in [1.54, 1.807) is 25.3 Å². The third-order valence-electron chi connectivity index (χ3n) is 2.30. The highest BCUT2D eigenvalue weighted by molar-refractivity contribution is 9.11. The van der Waals surface area contributed by atoms with Gasteiger partial charge in [-0.2, -0.15) is 0 Å². The number of thiazole rings is 1. The van der Waals surface area contributed by atoms with Crippen LogP contribution in [0.15, 0.2) is 20.1 Å². The average Bonchev–Trinajstić information content (AvgIpc) is 2.85. The molecule has 2 N–H and O–H groups in total. The van der Waals surface area contributed by atoms with Crippen molar-refractivity contribution in [1.29, 1.82) is 0 Å². The fraction of sp³-hybridized carbons (Fsp3) is 0.300. The van der Waals surface area contributed by atoms with Crippen molar-refractivity contribution in [1.82, 2.24) is 4.98 Å². The van der Waals surface area contributed by atoms with Crippen LogP contribution in [0.4, 0.5) is 5.13 Å². The zero-order chi connectivity index (χ0) is 14.2. The summed E-state index contributed by atoms with van der Waals surface area (Å²) in [5.74, 6) is 0. The number of rotatable bonds is 4. The largest absolute Gasteiger partial charge is 0.387 e. The van der Waals surface area contributed by atoms with Crippen molar-refractivity contribution in [2.24, 2.45) is 0 Å². The van der Waals surface area contributed by atoms with Gasteiger partial charge in [-0.1, -0.05) is 0 Å². The molecule has 5 nitrogen and oxygen atoms in total. The lowest BCUT2D eigenvalue weighted by atomic mass is 10.3. The minimum atomic E-state index is -3.64. The first-order chi connectivity index (χ1) is 8.79. The van der Waals surface area contributed by atoms with Crippen molar-refractivity contribution < 1.29 is 13.5 Å². The highest BCUT2D eigenvalue weighted by Gasteiger charge is 2.21. The molecule has 0 aliphatic rings. The molecular formula is C10H11BrN2O3S3. The summed E-state index contributed by atoms with van der Waals surface area (Å²) in [4.78, 5) is 4.96. The molecule has 0 saturated carbocycles. The van der Waals surface area contributed by atoms with E-state index in [1.165, 1.54) is 11.3 Å². The maximum absolute atomic E-state index is 12.2. The minimum absolute atomic E-state index is 0.234. The Balaban J connectivity index is 2.28. The van der Waals surface area contributed by atoms with Crippen LogP contribution in [-0.2, 0) is 10.0 Å². The normalized spacial score (nSPS) is 13.5. The molecule has 19 heavy (non-hydrogen) atoms. The van der Waals surface area contributed by atoms with Gasteiger partial charge in [0.15, 0.2) is 5.13 Å². The lowest BCUT2D eigenvalue weighted by molar-refractivity contribution is 0.195. The van der Waals surface area contributed by atoms with E-state index in [0.717, 1.165) is 15.1 Å². The summed E-state index contributed by atoms with van der Waals surface area (Å²) in [6.07, 6.45) is -0.716. The maximum atomic E-state index is 12.2. The fourth-order valence-corrected chi connectivity index (χ4v) is 5.86. The molecule has 0 aromatic carbocycles. The second-order valence-corrected chi connectivity index (χ2v) is 8.97. The molecule has 0 aliphatic carbocycles. The van der Waals surface area contributed by atoms with Gasteiger partial charge in [-0.3, -0.25) is 4.72 Å². The van der Waals surface area contributed by atoms with Gasteiger partial charge in [0.05, 0.1) is 15.6 Å². The van der Waals surface area contributed by atoms with Gasteiger partial charge in [0.2, 0.25) is 0 Å². The van der Waals surface area contributed by atoms with Gasteiger partial charge in [0, 0.05) is 10.3 Å². The molecule has 2 aromatic rings. The Hall–Kier alpha value is -0.480. The first-order valence-corrected chi connectivity index (χ1v) is 9.19. The van der Waals surface area contributed by atoms with Gasteiger partial charge in [0.1, 0.15) is 4.90 Å².